The lowest BCUT2D eigenvalue weighted by Gasteiger charge is -2.21. The molecular formula is C12H15FS. The molecule has 76 valence electrons. The van der Waals surface area contributed by atoms with Gasteiger partial charge in [-0.25, -0.2) is 4.39 Å². The van der Waals surface area contributed by atoms with Crippen LogP contribution in [0.5, 0.6) is 0 Å². The van der Waals surface area contributed by atoms with Crippen molar-refractivity contribution in [3.8, 4) is 0 Å². The summed E-state index contributed by atoms with van der Waals surface area (Å²) >= 11 is 1.67. The van der Waals surface area contributed by atoms with E-state index in [1.807, 2.05) is 6.07 Å². The minimum Gasteiger partial charge on any atom is -0.206 e. The lowest BCUT2D eigenvalue weighted by atomic mass is 9.94. The van der Waals surface area contributed by atoms with E-state index in [1.165, 1.54) is 17.5 Å². The van der Waals surface area contributed by atoms with Crippen molar-refractivity contribution in [1.82, 2.24) is 0 Å². The van der Waals surface area contributed by atoms with Crippen LogP contribution in [0, 0.1) is 5.82 Å². The van der Waals surface area contributed by atoms with Gasteiger partial charge in [-0.3, -0.25) is 0 Å². The lowest BCUT2D eigenvalue weighted by Crippen LogP contribution is -2.06. The summed E-state index contributed by atoms with van der Waals surface area (Å²) in [4.78, 5) is 0.905. The largest absolute Gasteiger partial charge is 0.206 e. The Morgan fingerprint density at radius 3 is 2.86 bits per heavy atom. The van der Waals surface area contributed by atoms with Crippen molar-refractivity contribution in [2.24, 2.45) is 0 Å². The molecule has 1 heterocycles. The first-order valence-corrected chi connectivity index (χ1v) is 6.12. The van der Waals surface area contributed by atoms with Crippen LogP contribution in [0.15, 0.2) is 17.0 Å². The third kappa shape index (κ3) is 1.68. The smallest absolute Gasteiger partial charge is 0.137 e. The third-order valence-corrected chi connectivity index (χ3v) is 3.91. The van der Waals surface area contributed by atoms with Crippen LogP contribution >= 0.6 is 11.8 Å². The molecule has 2 heteroatoms. The van der Waals surface area contributed by atoms with Gasteiger partial charge < -0.3 is 0 Å². The predicted molar refractivity (Wildman–Crippen MR) is 59.5 cm³/mol. The first-order chi connectivity index (χ1) is 6.70. The summed E-state index contributed by atoms with van der Waals surface area (Å²) in [5.74, 6) is 1.53. The maximum Gasteiger partial charge on any atom is 0.137 e. The molecule has 1 aromatic carbocycles. The van der Waals surface area contributed by atoms with Crippen molar-refractivity contribution in [2.75, 3.05) is 5.75 Å². The van der Waals surface area contributed by atoms with Gasteiger partial charge in [0.05, 0.1) is 0 Å². The van der Waals surface area contributed by atoms with Crippen LogP contribution in [-0.2, 0) is 6.42 Å². The fraction of sp³-hybridized carbons (Fsp3) is 0.500. The van der Waals surface area contributed by atoms with E-state index in [4.69, 9.17) is 0 Å². The molecule has 0 amide bonds. The van der Waals surface area contributed by atoms with Gasteiger partial charge in [0, 0.05) is 4.90 Å². The fourth-order valence-electron chi connectivity index (χ4n) is 1.99. The van der Waals surface area contributed by atoms with Crippen molar-refractivity contribution >= 4 is 11.8 Å². The summed E-state index contributed by atoms with van der Waals surface area (Å²) in [5, 5.41) is 0. The SMILES string of the molecule is CC(C)c1ccc(F)c2c1CCCS2. The van der Waals surface area contributed by atoms with Crippen molar-refractivity contribution in [2.45, 2.75) is 37.5 Å². The number of thioether (sulfide) groups is 1. The Labute approximate surface area is 88.9 Å². The lowest BCUT2D eigenvalue weighted by molar-refractivity contribution is 0.590. The normalized spacial score (nSPS) is 15.7. The monoisotopic (exact) mass is 210 g/mol. The van der Waals surface area contributed by atoms with Crippen molar-refractivity contribution < 1.29 is 4.39 Å². The highest BCUT2D eigenvalue weighted by Crippen LogP contribution is 2.36. The number of benzene rings is 1. The Bertz CT molecular complexity index is 344. The summed E-state index contributed by atoms with van der Waals surface area (Å²) in [6.07, 6.45) is 2.23. The van der Waals surface area contributed by atoms with Crippen LogP contribution in [0.4, 0.5) is 4.39 Å². The fourth-order valence-corrected chi connectivity index (χ4v) is 3.09. The van der Waals surface area contributed by atoms with E-state index in [0.717, 1.165) is 17.1 Å². The number of hydrogen-bond donors (Lipinski definition) is 0. The van der Waals surface area contributed by atoms with Gasteiger partial charge in [0.15, 0.2) is 0 Å². The minimum atomic E-state index is -0.0332. The molecule has 0 aliphatic carbocycles. The quantitative estimate of drug-likeness (QED) is 0.675. The van der Waals surface area contributed by atoms with Gasteiger partial charge in [-0.15, -0.1) is 11.8 Å². The van der Waals surface area contributed by atoms with Crippen LogP contribution in [0.1, 0.15) is 37.3 Å². The molecule has 0 radical (unpaired) electrons. The summed E-state index contributed by atoms with van der Waals surface area (Å²) < 4.78 is 13.5. The first-order valence-electron chi connectivity index (χ1n) is 5.14. The molecule has 0 atom stereocenters. The predicted octanol–water partition coefficient (Wildman–Crippen LogP) is 3.99. The van der Waals surface area contributed by atoms with E-state index in [-0.39, 0.29) is 5.82 Å². The Kier molecular flexibility index (Phi) is 2.82. The molecule has 0 unspecified atom stereocenters. The molecule has 0 aromatic heterocycles. The van der Waals surface area contributed by atoms with Crippen molar-refractivity contribution in [3.63, 3.8) is 0 Å². The molecule has 14 heavy (non-hydrogen) atoms. The summed E-state index contributed by atoms with van der Waals surface area (Å²) in [6.45, 7) is 4.35. The van der Waals surface area contributed by atoms with Crippen molar-refractivity contribution in [3.05, 3.63) is 29.1 Å². The van der Waals surface area contributed by atoms with Crippen LogP contribution in [0.2, 0.25) is 0 Å². The number of rotatable bonds is 1. The van der Waals surface area contributed by atoms with E-state index < -0.39 is 0 Å². The average molecular weight is 210 g/mol. The highest BCUT2D eigenvalue weighted by atomic mass is 32.2. The van der Waals surface area contributed by atoms with E-state index in [2.05, 4.69) is 13.8 Å². The molecule has 0 saturated heterocycles. The van der Waals surface area contributed by atoms with Gasteiger partial charge in [-0.05, 0) is 41.7 Å². The van der Waals surface area contributed by atoms with E-state index >= 15 is 0 Å². The maximum absolute atomic E-state index is 13.5. The van der Waals surface area contributed by atoms with Crippen LogP contribution < -0.4 is 0 Å². The highest BCUT2D eigenvalue weighted by Gasteiger charge is 2.18. The molecule has 1 aromatic rings. The minimum absolute atomic E-state index is 0.0332. The molecule has 0 N–H and O–H groups in total. The Morgan fingerprint density at radius 2 is 2.14 bits per heavy atom. The van der Waals surface area contributed by atoms with Gasteiger partial charge in [-0.2, -0.15) is 0 Å². The van der Waals surface area contributed by atoms with Crippen LogP contribution in [-0.4, -0.2) is 5.75 Å². The molecular weight excluding hydrogens is 195 g/mol. The molecule has 0 bridgehead atoms. The molecule has 0 saturated carbocycles. The van der Waals surface area contributed by atoms with Gasteiger partial charge in [0.2, 0.25) is 0 Å². The molecule has 2 rings (SSSR count). The maximum atomic E-state index is 13.5. The van der Waals surface area contributed by atoms with Gasteiger partial charge in [-0.1, -0.05) is 19.9 Å². The average Bonchev–Trinajstić information content (AvgIpc) is 2.18. The Morgan fingerprint density at radius 1 is 1.36 bits per heavy atom. The topological polar surface area (TPSA) is 0 Å². The summed E-state index contributed by atoms with van der Waals surface area (Å²) in [7, 11) is 0. The molecule has 0 fully saturated rings. The zero-order valence-corrected chi connectivity index (χ0v) is 9.46. The molecule has 1 aliphatic rings. The van der Waals surface area contributed by atoms with Gasteiger partial charge in [0.1, 0.15) is 5.82 Å². The second-order valence-electron chi connectivity index (χ2n) is 4.05. The standard InChI is InChI=1S/C12H15FS/c1-8(2)9-5-6-11(13)12-10(9)4-3-7-14-12/h5-6,8H,3-4,7H2,1-2H3. The van der Waals surface area contributed by atoms with Crippen LogP contribution in [0.25, 0.3) is 0 Å². The molecule has 0 spiro atoms. The third-order valence-electron chi connectivity index (χ3n) is 2.69. The zero-order chi connectivity index (χ0) is 10.1. The van der Waals surface area contributed by atoms with Gasteiger partial charge in [0.25, 0.3) is 0 Å². The highest BCUT2D eigenvalue weighted by molar-refractivity contribution is 7.99. The second-order valence-corrected chi connectivity index (χ2v) is 5.16. The van der Waals surface area contributed by atoms with E-state index in [0.29, 0.717) is 5.92 Å². The van der Waals surface area contributed by atoms with E-state index in [1.54, 1.807) is 17.8 Å². The summed E-state index contributed by atoms with van der Waals surface area (Å²) in [5.41, 5.74) is 2.59. The number of hydrogen-bond acceptors (Lipinski definition) is 1. The van der Waals surface area contributed by atoms with Gasteiger partial charge >= 0.3 is 0 Å². The number of halogens is 1. The van der Waals surface area contributed by atoms with E-state index in [9.17, 15) is 4.39 Å². The Balaban J connectivity index is 2.53. The summed E-state index contributed by atoms with van der Waals surface area (Å²) in [6, 6.07) is 3.57. The second kappa shape index (κ2) is 3.93. The number of fused-ring (bicyclic) bond motifs is 1. The Hall–Kier alpha value is -0.500. The van der Waals surface area contributed by atoms with Crippen LogP contribution in [0.3, 0.4) is 0 Å². The molecule has 1 aliphatic heterocycles. The molecule has 0 nitrogen and oxygen atoms in total. The zero-order valence-electron chi connectivity index (χ0n) is 8.64. The first kappa shape index (κ1) is 10.0. The van der Waals surface area contributed by atoms with Crippen molar-refractivity contribution in [1.29, 1.82) is 0 Å².